The van der Waals surface area contributed by atoms with Crippen LogP contribution in [0.1, 0.15) is 18.4 Å². The predicted molar refractivity (Wildman–Crippen MR) is 67.1 cm³/mol. The van der Waals surface area contributed by atoms with Crippen molar-refractivity contribution in [2.45, 2.75) is 30.7 Å². The largest absolute Gasteiger partial charge is 0.329 e. The fourth-order valence-electron chi connectivity index (χ4n) is 2.34. The molecule has 2 N–H and O–H groups in total. The molecular weight excluding hydrogens is 255 g/mol. The van der Waals surface area contributed by atoms with Gasteiger partial charge in [0.2, 0.25) is 10.0 Å². The Hall–Kier alpha value is -0.980. The Morgan fingerprint density at radius 1 is 1.50 bits per heavy atom. The Bertz CT molecular complexity index is 545. The van der Waals surface area contributed by atoms with Crippen molar-refractivity contribution >= 4 is 10.0 Å². The molecule has 4 nitrogen and oxygen atoms in total. The quantitative estimate of drug-likeness (QED) is 0.900. The number of hydrogen-bond donors (Lipinski definition) is 1. The average Bonchev–Trinajstić information content (AvgIpc) is 2.81. The minimum Gasteiger partial charge on any atom is -0.329 e. The van der Waals surface area contributed by atoms with Gasteiger partial charge in [0.15, 0.2) is 0 Å². The van der Waals surface area contributed by atoms with Crippen molar-refractivity contribution in [1.82, 2.24) is 4.31 Å². The van der Waals surface area contributed by atoms with Crippen molar-refractivity contribution in [3.8, 4) is 0 Å². The number of hydrogen-bond acceptors (Lipinski definition) is 3. The van der Waals surface area contributed by atoms with Crippen LogP contribution < -0.4 is 5.73 Å². The van der Waals surface area contributed by atoms with Crippen LogP contribution in [0.15, 0.2) is 23.1 Å². The molecule has 0 aromatic heterocycles. The molecule has 100 valence electrons. The molecule has 2 rings (SSSR count). The second kappa shape index (κ2) is 4.95. The number of halogens is 1. The maximum atomic E-state index is 13.2. The normalized spacial score (nSPS) is 21.4. The molecule has 1 atom stereocenters. The minimum atomic E-state index is -3.64. The zero-order valence-electron chi connectivity index (χ0n) is 10.3. The highest BCUT2D eigenvalue weighted by atomic mass is 32.2. The number of nitrogens with two attached hydrogens (primary N) is 1. The summed E-state index contributed by atoms with van der Waals surface area (Å²) in [6.45, 7) is 2.42. The van der Waals surface area contributed by atoms with Gasteiger partial charge in [-0.05, 0) is 37.5 Å². The fourth-order valence-corrected chi connectivity index (χ4v) is 4.28. The molecule has 0 spiro atoms. The summed E-state index contributed by atoms with van der Waals surface area (Å²) >= 11 is 0. The summed E-state index contributed by atoms with van der Waals surface area (Å²) in [5.74, 6) is -0.539. The molecule has 1 fully saturated rings. The van der Waals surface area contributed by atoms with E-state index in [9.17, 15) is 12.8 Å². The maximum Gasteiger partial charge on any atom is 0.243 e. The molecule has 0 aliphatic carbocycles. The first-order valence-electron chi connectivity index (χ1n) is 5.95. The van der Waals surface area contributed by atoms with Gasteiger partial charge in [0.25, 0.3) is 0 Å². The lowest BCUT2D eigenvalue weighted by Gasteiger charge is -2.23. The van der Waals surface area contributed by atoms with Crippen LogP contribution in [0.25, 0.3) is 0 Å². The van der Waals surface area contributed by atoms with Crippen molar-refractivity contribution in [2.75, 3.05) is 13.1 Å². The summed E-state index contributed by atoms with van der Waals surface area (Å²) in [6.07, 6.45) is 1.57. The average molecular weight is 272 g/mol. The Kier molecular flexibility index (Phi) is 3.70. The van der Waals surface area contributed by atoms with E-state index in [2.05, 4.69) is 0 Å². The molecule has 0 saturated carbocycles. The summed E-state index contributed by atoms with van der Waals surface area (Å²) in [4.78, 5) is 0.0443. The van der Waals surface area contributed by atoms with Crippen molar-refractivity contribution in [3.05, 3.63) is 29.6 Å². The molecule has 0 unspecified atom stereocenters. The number of sulfonamides is 1. The van der Waals surface area contributed by atoms with Gasteiger partial charge in [0.05, 0.1) is 4.90 Å². The van der Waals surface area contributed by atoms with Gasteiger partial charge in [-0.15, -0.1) is 0 Å². The first kappa shape index (κ1) is 13.5. The number of nitrogens with zero attached hydrogens (tertiary/aromatic N) is 1. The molecule has 18 heavy (non-hydrogen) atoms. The highest BCUT2D eigenvalue weighted by Gasteiger charge is 2.35. The Morgan fingerprint density at radius 3 is 2.89 bits per heavy atom. The third-order valence-corrected chi connectivity index (χ3v) is 5.43. The second-order valence-electron chi connectivity index (χ2n) is 4.56. The second-order valence-corrected chi connectivity index (χ2v) is 6.42. The highest BCUT2D eigenvalue weighted by Crippen LogP contribution is 2.27. The topological polar surface area (TPSA) is 63.4 Å². The lowest BCUT2D eigenvalue weighted by Crippen LogP contribution is -2.40. The van der Waals surface area contributed by atoms with E-state index in [0.717, 1.165) is 18.9 Å². The Balaban J connectivity index is 2.45. The van der Waals surface area contributed by atoms with Crippen molar-refractivity contribution in [3.63, 3.8) is 0 Å². The van der Waals surface area contributed by atoms with E-state index < -0.39 is 15.8 Å². The van der Waals surface area contributed by atoms with E-state index in [1.807, 2.05) is 0 Å². The molecule has 0 amide bonds. The molecule has 1 aromatic rings. The molecule has 6 heteroatoms. The van der Waals surface area contributed by atoms with Gasteiger partial charge in [-0.2, -0.15) is 4.31 Å². The van der Waals surface area contributed by atoms with Gasteiger partial charge in [0.1, 0.15) is 5.82 Å². The predicted octanol–water partition coefficient (Wildman–Crippen LogP) is 1.25. The third-order valence-electron chi connectivity index (χ3n) is 3.33. The van der Waals surface area contributed by atoms with E-state index in [0.29, 0.717) is 18.7 Å². The van der Waals surface area contributed by atoms with Crippen LogP contribution >= 0.6 is 0 Å². The molecule has 1 aliphatic rings. The van der Waals surface area contributed by atoms with Crippen LogP contribution in [-0.4, -0.2) is 31.9 Å². The van der Waals surface area contributed by atoms with Gasteiger partial charge < -0.3 is 5.73 Å². The summed E-state index contributed by atoms with van der Waals surface area (Å²) in [5, 5.41) is 0. The lowest BCUT2D eigenvalue weighted by atomic mass is 10.2. The van der Waals surface area contributed by atoms with E-state index in [1.54, 1.807) is 6.92 Å². The van der Waals surface area contributed by atoms with Gasteiger partial charge in [0, 0.05) is 19.1 Å². The Morgan fingerprint density at radius 2 is 2.22 bits per heavy atom. The minimum absolute atomic E-state index is 0.0443. The van der Waals surface area contributed by atoms with Crippen LogP contribution in [-0.2, 0) is 10.0 Å². The standard InChI is InChI=1S/C12H17FN2O2S/c1-9-4-5-10(13)7-12(9)18(16,17)15-6-2-3-11(15)8-14/h4-5,7,11H,2-3,6,8,14H2,1H3/t11-/m0/s1. The van der Waals surface area contributed by atoms with E-state index >= 15 is 0 Å². The maximum absolute atomic E-state index is 13.2. The fraction of sp³-hybridized carbons (Fsp3) is 0.500. The highest BCUT2D eigenvalue weighted by molar-refractivity contribution is 7.89. The van der Waals surface area contributed by atoms with Gasteiger partial charge in [-0.1, -0.05) is 6.07 Å². The van der Waals surface area contributed by atoms with Crippen LogP contribution in [0.5, 0.6) is 0 Å². The monoisotopic (exact) mass is 272 g/mol. The molecule has 1 heterocycles. The van der Waals surface area contributed by atoms with Gasteiger partial charge in [-0.3, -0.25) is 0 Å². The first-order valence-corrected chi connectivity index (χ1v) is 7.39. The van der Waals surface area contributed by atoms with Crippen LogP contribution in [0.4, 0.5) is 4.39 Å². The third kappa shape index (κ3) is 2.28. The summed E-state index contributed by atoms with van der Waals surface area (Å²) in [5.41, 5.74) is 6.14. The molecule has 1 aliphatic heterocycles. The van der Waals surface area contributed by atoms with E-state index in [1.165, 1.54) is 16.4 Å². The summed E-state index contributed by atoms with van der Waals surface area (Å²) in [6, 6.07) is 3.66. The van der Waals surface area contributed by atoms with Crippen LogP contribution in [0, 0.1) is 12.7 Å². The number of aryl methyl sites for hydroxylation is 1. The molecule has 1 aromatic carbocycles. The van der Waals surface area contributed by atoms with Crippen molar-refractivity contribution in [2.24, 2.45) is 5.73 Å². The Labute approximate surface area is 107 Å². The van der Waals surface area contributed by atoms with Gasteiger partial charge >= 0.3 is 0 Å². The van der Waals surface area contributed by atoms with Gasteiger partial charge in [-0.25, -0.2) is 12.8 Å². The summed E-state index contributed by atoms with van der Waals surface area (Å²) in [7, 11) is -3.64. The summed E-state index contributed by atoms with van der Waals surface area (Å²) < 4.78 is 39.6. The smallest absolute Gasteiger partial charge is 0.243 e. The van der Waals surface area contributed by atoms with Crippen LogP contribution in [0.2, 0.25) is 0 Å². The zero-order valence-corrected chi connectivity index (χ0v) is 11.1. The molecule has 0 bridgehead atoms. The number of benzene rings is 1. The lowest BCUT2D eigenvalue weighted by molar-refractivity contribution is 0.392. The van der Waals surface area contributed by atoms with E-state index in [-0.39, 0.29) is 10.9 Å². The zero-order chi connectivity index (χ0) is 13.3. The van der Waals surface area contributed by atoms with Crippen molar-refractivity contribution in [1.29, 1.82) is 0 Å². The SMILES string of the molecule is Cc1ccc(F)cc1S(=O)(=O)N1CCC[C@H]1CN. The van der Waals surface area contributed by atoms with Crippen LogP contribution in [0.3, 0.4) is 0 Å². The number of rotatable bonds is 3. The first-order chi connectivity index (χ1) is 8.46. The van der Waals surface area contributed by atoms with E-state index in [4.69, 9.17) is 5.73 Å². The van der Waals surface area contributed by atoms with Crippen molar-refractivity contribution < 1.29 is 12.8 Å². The molecule has 0 radical (unpaired) electrons. The molecule has 1 saturated heterocycles. The molecular formula is C12H17FN2O2S.